The summed E-state index contributed by atoms with van der Waals surface area (Å²) < 4.78 is 63.7. The van der Waals surface area contributed by atoms with E-state index < -0.39 is 90.5 Å². The van der Waals surface area contributed by atoms with Crippen molar-refractivity contribution in [1.82, 2.24) is 0 Å². The number of fused-ring (bicyclic) bond motifs is 2. The molecule has 15 heteroatoms. The van der Waals surface area contributed by atoms with Gasteiger partial charge in [0.05, 0.1) is 37.1 Å². The van der Waals surface area contributed by atoms with Crippen molar-refractivity contribution in [2.24, 2.45) is 23.7 Å². The number of hydrogen-bond acceptors (Lipinski definition) is 15. The van der Waals surface area contributed by atoms with Crippen molar-refractivity contribution in [1.29, 1.82) is 0 Å². The van der Waals surface area contributed by atoms with Crippen LogP contribution in [0.15, 0.2) is 47.1 Å². The lowest BCUT2D eigenvalue weighted by Gasteiger charge is -2.51. The maximum atomic E-state index is 14.4. The third-order valence-electron chi connectivity index (χ3n) is 15.8. The van der Waals surface area contributed by atoms with Crippen LogP contribution in [-0.2, 0) is 57.0 Å². The first-order valence-corrected chi connectivity index (χ1v) is 24.3. The van der Waals surface area contributed by atoms with Crippen LogP contribution < -0.4 is 0 Å². The molecule has 8 rings (SSSR count). The summed E-state index contributed by atoms with van der Waals surface area (Å²) in [4.78, 5) is 27.9. The zero-order valence-electron chi connectivity index (χ0n) is 39.6. The Labute approximate surface area is 384 Å². The summed E-state index contributed by atoms with van der Waals surface area (Å²) in [5, 5.41) is 33.6. The molecule has 6 fully saturated rings. The summed E-state index contributed by atoms with van der Waals surface area (Å²) in [7, 11) is 3.03. The fourth-order valence-corrected chi connectivity index (χ4v) is 11.9. The van der Waals surface area contributed by atoms with Crippen LogP contribution in [0.1, 0.15) is 119 Å². The minimum Gasteiger partial charge on any atom is -0.462 e. The molecule has 8 aliphatic rings. The van der Waals surface area contributed by atoms with Gasteiger partial charge < -0.3 is 62.7 Å². The second kappa shape index (κ2) is 19.9. The van der Waals surface area contributed by atoms with Crippen LogP contribution in [-0.4, -0.2) is 139 Å². The first-order valence-electron chi connectivity index (χ1n) is 24.3. The molecule has 364 valence electrons. The molecule has 0 aromatic rings. The number of hydrogen-bond donors (Lipinski definition) is 3. The zero-order chi connectivity index (χ0) is 46.4. The Balaban J connectivity index is 1.07. The Kier molecular flexibility index (Phi) is 15.0. The van der Waals surface area contributed by atoms with E-state index >= 15 is 0 Å². The molecule has 17 atom stereocenters. The van der Waals surface area contributed by atoms with E-state index in [9.17, 15) is 24.9 Å². The average Bonchev–Trinajstić information content (AvgIpc) is 3.62. The molecule has 3 unspecified atom stereocenters. The monoisotopic (exact) mass is 915 g/mol. The Morgan fingerprint density at radius 2 is 1.60 bits per heavy atom. The van der Waals surface area contributed by atoms with Gasteiger partial charge in [-0.1, -0.05) is 63.5 Å². The minimum atomic E-state index is -2.17. The molecular formula is C50H74O15. The molecule has 1 saturated carbocycles. The molecule has 6 heterocycles. The lowest BCUT2D eigenvalue weighted by Crippen LogP contribution is -2.60. The Morgan fingerprint density at radius 1 is 0.846 bits per heavy atom. The number of carbonyl (C=O) groups is 2. The highest BCUT2D eigenvalue weighted by atomic mass is 16.7. The third-order valence-corrected chi connectivity index (χ3v) is 15.8. The van der Waals surface area contributed by atoms with Crippen molar-refractivity contribution in [3.05, 3.63) is 47.1 Å². The van der Waals surface area contributed by atoms with Gasteiger partial charge in [0.2, 0.25) is 5.79 Å². The van der Waals surface area contributed by atoms with Gasteiger partial charge in [0.25, 0.3) is 0 Å². The van der Waals surface area contributed by atoms with E-state index in [4.69, 9.17) is 47.4 Å². The van der Waals surface area contributed by atoms with Crippen molar-refractivity contribution < 1.29 is 72.3 Å². The van der Waals surface area contributed by atoms with E-state index in [0.717, 1.165) is 24.8 Å². The third kappa shape index (κ3) is 9.92. The Bertz CT molecular complexity index is 1840. The molecule has 15 nitrogen and oxygen atoms in total. The normalized spacial score (nSPS) is 47.4. The molecule has 1 spiro atoms. The zero-order valence-corrected chi connectivity index (χ0v) is 39.6. The number of methoxy groups -OCH3 is 2. The predicted molar refractivity (Wildman–Crippen MR) is 235 cm³/mol. The summed E-state index contributed by atoms with van der Waals surface area (Å²) in [6.07, 6.45) is 11.0. The standard InChI is InChI=1S/C50H74O15/c1-27-13-12-16-34-26-58-46-42(51)30(4)21-37(49(34,46)53)47(52)61-36-22-35(64-48(25-36)20-19-29(3)44(65-48)33-14-10-9-11-15-33)18-17-28(2)43(27)62-40-23-38(56-7)45(31(5)59-40)63-41-24-39(57-8)50(54,55)32(6)60-41/h12-13,16-17,21,27,29,31-33,35-41,43-46,53-55H,9-11,14-15,18-20,22-26H2,1-8H3/b13-12+,28-17+,34-16+/t27-,29-,31?,32?,35+,36-,37-,38+,39+,40-,41-,43-,44-,45-,46+,48?,49+/m0/s1. The van der Waals surface area contributed by atoms with Crippen LogP contribution in [0, 0.1) is 23.7 Å². The van der Waals surface area contributed by atoms with Gasteiger partial charge in [0, 0.05) is 52.2 Å². The maximum Gasteiger partial charge on any atom is 0.316 e. The van der Waals surface area contributed by atoms with Gasteiger partial charge in [-0.2, -0.15) is 0 Å². The summed E-state index contributed by atoms with van der Waals surface area (Å²) >= 11 is 0. The van der Waals surface area contributed by atoms with E-state index in [1.807, 2.05) is 32.9 Å². The van der Waals surface area contributed by atoms with E-state index in [1.165, 1.54) is 26.4 Å². The minimum absolute atomic E-state index is 0.0281. The van der Waals surface area contributed by atoms with Crippen LogP contribution in [0.3, 0.4) is 0 Å². The molecule has 0 aromatic heterocycles. The highest BCUT2D eigenvalue weighted by Gasteiger charge is 2.60. The van der Waals surface area contributed by atoms with E-state index in [0.29, 0.717) is 55.1 Å². The quantitative estimate of drug-likeness (QED) is 0.161. The fourth-order valence-electron chi connectivity index (χ4n) is 11.9. The van der Waals surface area contributed by atoms with Crippen LogP contribution in [0.5, 0.6) is 0 Å². The molecule has 0 aromatic carbocycles. The molecule has 5 saturated heterocycles. The summed E-state index contributed by atoms with van der Waals surface area (Å²) in [5.41, 5.74) is -0.210. The van der Waals surface area contributed by atoms with Crippen molar-refractivity contribution in [3.63, 3.8) is 0 Å². The van der Waals surface area contributed by atoms with Gasteiger partial charge in [-0.3, -0.25) is 9.59 Å². The number of carbonyl (C=O) groups excluding carboxylic acids is 2. The van der Waals surface area contributed by atoms with E-state index in [2.05, 4.69) is 13.0 Å². The number of aliphatic hydroxyl groups is 3. The van der Waals surface area contributed by atoms with Gasteiger partial charge in [-0.05, 0) is 81.9 Å². The number of allylic oxidation sites excluding steroid dienone is 2. The molecule has 3 N–H and O–H groups in total. The Morgan fingerprint density at radius 3 is 2.34 bits per heavy atom. The van der Waals surface area contributed by atoms with E-state index in [-0.39, 0.29) is 36.9 Å². The summed E-state index contributed by atoms with van der Waals surface area (Å²) in [6.45, 7) is 11.4. The molecule has 0 amide bonds. The van der Waals surface area contributed by atoms with Gasteiger partial charge >= 0.3 is 5.97 Å². The van der Waals surface area contributed by atoms with Crippen LogP contribution >= 0.6 is 0 Å². The van der Waals surface area contributed by atoms with Crippen LogP contribution in [0.25, 0.3) is 0 Å². The van der Waals surface area contributed by atoms with Crippen LogP contribution in [0.4, 0.5) is 0 Å². The van der Waals surface area contributed by atoms with Gasteiger partial charge in [0.15, 0.2) is 30.3 Å². The number of Topliss-reactive ketones (excluding diaryl/α,β-unsaturated/α-hetero) is 1. The molecule has 0 radical (unpaired) electrons. The molecular weight excluding hydrogens is 841 g/mol. The molecule has 2 aliphatic carbocycles. The van der Waals surface area contributed by atoms with Crippen molar-refractivity contribution >= 4 is 11.8 Å². The predicted octanol–water partition coefficient (Wildman–Crippen LogP) is 5.66. The van der Waals surface area contributed by atoms with Crippen LogP contribution in [0.2, 0.25) is 0 Å². The summed E-state index contributed by atoms with van der Waals surface area (Å²) in [6, 6.07) is 0. The number of ketones is 1. The second-order valence-corrected chi connectivity index (χ2v) is 20.4. The lowest BCUT2D eigenvalue weighted by atomic mass is 9.71. The number of rotatable bonds is 7. The SMILES string of the molecule is CO[C@@H]1C[C@H](O[C@@H]2/C(C)=C/C[C@@H]3C[C@@H](CC4(CC[C@H](C)[C@@H](C5CCCCC5)O4)O3)OC(=O)[C@@H]3C=C(C)C(=O)[C@H]4OC/C(=C\C=C\[C@@H]2C)[C@]43O)OC(C)[C@@H]1O[C@H]1C[C@@H](OC)C(O)(O)C(C)O1. The molecule has 65 heavy (non-hydrogen) atoms. The topological polar surface area (TPSA) is 187 Å². The van der Waals surface area contributed by atoms with Crippen molar-refractivity contribution in [2.45, 2.75) is 209 Å². The van der Waals surface area contributed by atoms with Gasteiger partial charge in [-0.25, -0.2) is 0 Å². The highest BCUT2D eigenvalue weighted by Crippen LogP contribution is 2.48. The van der Waals surface area contributed by atoms with Gasteiger partial charge in [-0.15, -0.1) is 0 Å². The summed E-state index contributed by atoms with van der Waals surface area (Å²) in [5.74, 6) is -4.62. The fraction of sp³-hybridized carbons (Fsp3) is 0.800. The first-order chi connectivity index (χ1) is 31.0. The molecule has 2 bridgehead atoms. The smallest absolute Gasteiger partial charge is 0.316 e. The second-order valence-electron chi connectivity index (χ2n) is 20.4. The molecule has 6 aliphatic heterocycles. The maximum absolute atomic E-state index is 14.4. The highest BCUT2D eigenvalue weighted by molar-refractivity contribution is 6.03. The largest absolute Gasteiger partial charge is 0.462 e. The van der Waals surface area contributed by atoms with Crippen molar-refractivity contribution in [2.75, 3.05) is 20.8 Å². The Hall–Kier alpha value is -2.38. The lowest BCUT2D eigenvalue weighted by molar-refractivity contribution is -0.371. The van der Waals surface area contributed by atoms with E-state index in [1.54, 1.807) is 33.1 Å². The first kappa shape index (κ1) is 49.1. The average molecular weight is 915 g/mol. The number of esters is 1. The van der Waals surface area contributed by atoms with Gasteiger partial charge in [0.1, 0.15) is 35.9 Å². The number of ether oxygens (including phenoxy) is 10. The van der Waals surface area contributed by atoms with Crippen molar-refractivity contribution in [3.8, 4) is 0 Å².